The first-order chi connectivity index (χ1) is 8.24. The van der Waals surface area contributed by atoms with Crippen molar-refractivity contribution in [2.75, 3.05) is 26.2 Å². The molecule has 0 amide bonds. The van der Waals surface area contributed by atoms with Crippen molar-refractivity contribution in [2.45, 2.75) is 26.3 Å². The van der Waals surface area contributed by atoms with Gasteiger partial charge in [-0.2, -0.15) is 0 Å². The van der Waals surface area contributed by atoms with Crippen LogP contribution < -0.4 is 10.6 Å². The molecule has 0 fully saturated rings. The van der Waals surface area contributed by atoms with Gasteiger partial charge in [0.15, 0.2) is 0 Å². The van der Waals surface area contributed by atoms with E-state index in [1.807, 2.05) is 0 Å². The summed E-state index contributed by atoms with van der Waals surface area (Å²) in [6.45, 7) is 8.01. The summed E-state index contributed by atoms with van der Waals surface area (Å²) in [4.78, 5) is 0. The molecule has 0 aliphatic heterocycles. The number of rotatable bonds is 8. The lowest BCUT2D eigenvalue weighted by Crippen LogP contribution is -2.28. The fourth-order valence-electron chi connectivity index (χ4n) is 1.63. The molecule has 0 radical (unpaired) electrons. The molecule has 1 rings (SSSR count). The average molecular weight is 236 g/mol. The number of hydrogen-bond acceptors (Lipinski definition) is 3. The smallest absolute Gasteiger partial charge is 0.0555 e. The molecule has 0 saturated carbocycles. The third-order valence-corrected chi connectivity index (χ3v) is 2.74. The third-order valence-electron chi connectivity index (χ3n) is 2.74. The van der Waals surface area contributed by atoms with Crippen LogP contribution in [0, 0.1) is 0 Å². The first-order valence-corrected chi connectivity index (χ1v) is 6.35. The lowest BCUT2D eigenvalue weighted by molar-refractivity contribution is 0.292. The Labute approximate surface area is 104 Å². The molecule has 0 aromatic heterocycles. The van der Waals surface area contributed by atoms with Gasteiger partial charge in [-0.15, -0.1) is 0 Å². The molecular formula is C14H24N2O. The Balaban J connectivity index is 2.19. The molecule has 0 heterocycles. The Bertz CT molecular complexity index is 296. The molecule has 3 nitrogen and oxygen atoms in total. The maximum Gasteiger partial charge on any atom is 0.0555 e. The van der Waals surface area contributed by atoms with Gasteiger partial charge in [-0.25, -0.2) is 0 Å². The Morgan fingerprint density at radius 3 is 2.24 bits per heavy atom. The fourth-order valence-corrected chi connectivity index (χ4v) is 1.63. The minimum absolute atomic E-state index is 0.205. The van der Waals surface area contributed by atoms with Crippen LogP contribution in [0.4, 0.5) is 0 Å². The van der Waals surface area contributed by atoms with Crippen LogP contribution in [0.15, 0.2) is 24.3 Å². The summed E-state index contributed by atoms with van der Waals surface area (Å²) in [6.07, 6.45) is 0. The van der Waals surface area contributed by atoms with Crippen molar-refractivity contribution >= 4 is 0 Å². The molecule has 3 N–H and O–H groups in total. The summed E-state index contributed by atoms with van der Waals surface area (Å²) in [6, 6.07) is 8.77. The molecule has 96 valence electrons. The highest BCUT2D eigenvalue weighted by Gasteiger charge is 1.98. The van der Waals surface area contributed by atoms with Crippen molar-refractivity contribution in [3.63, 3.8) is 0 Å². The van der Waals surface area contributed by atoms with E-state index in [-0.39, 0.29) is 6.61 Å². The molecule has 0 spiro atoms. The van der Waals surface area contributed by atoms with Crippen LogP contribution in [-0.4, -0.2) is 31.3 Å². The van der Waals surface area contributed by atoms with Gasteiger partial charge in [0.1, 0.15) is 0 Å². The summed E-state index contributed by atoms with van der Waals surface area (Å²) in [5, 5.41) is 15.1. The Hall–Kier alpha value is -0.900. The second-order valence-electron chi connectivity index (χ2n) is 4.55. The summed E-state index contributed by atoms with van der Waals surface area (Å²) in [5.41, 5.74) is 2.70. The van der Waals surface area contributed by atoms with E-state index in [0.29, 0.717) is 12.5 Å². The van der Waals surface area contributed by atoms with Gasteiger partial charge in [0.05, 0.1) is 6.61 Å². The second kappa shape index (κ2) is 8.23. The maximum atomic E-state index is 8.59. The molecule has 0 bridgehead atoms. The molecule has 0 aliphatic rings. The Morgan fingerprint density at radius 2 is 1.65 bits per heavy atom. The first-order valence-electron chi connectivity index (χ1n) is 6.35. The van der Waals surface area contributed by atoms with Crippen LogP contribution >= 0.6 is 0 Å². The van der Waals surface area contributed by atoms with Crippen molar-refractivity contribution < 1.29 is 5.11 Å². The molecule has 0 aliphatic carbocycles. The number of aliphatic hydroxyl groups excluding tert-OH is 1. The molecule has 1 aromatic rings. The fraction of sp³-hybridized carbons (Fsp3) is 0.571. The molecular weight excluding hydrogens is 212 g/mol. The van der Waals surface area contributed by atoms with Gasteiger partial charge in [0.2, 0.25) is 0 Å². The van der Waals surface area contributed by atoms with Crippen molar-refractivity contribution in [3.05, 3.63) is 35.4 Å². The zero-order valence-corrected chi connectivity index (χ0v) is 10.9. The van der Waals surface area contributed by atoms with Crippen LogP contribution in [0.3, 0.4) is 0 Å². The van der Waals surface area contributed by atoms with Crippen LogP contribution in [0.25, 0.3) is 0 Å². The molecule has 3 heteroatoms. The molecule has 0 unspecified atom stereocenters. The van der Waals surface area contributed by atoms with Crippen LogP contribution in [0.5, 0.6) is 0 Å². The van der Waals surface area contributed by atoms with E-state index in [0.717, 1.165) is 19.6 Å². The predicted molar refractivity (Wildman–Crippen MR) is 72.2 cm³/mol. The monoisotopic (exact) mass is 236 g/mol. The van der Waals surface area contributed by atoms with E-state index in [9.17, 15) is 0 Å². The van der Waals surface area contributed by atoms with Crippen molar-refractivity contribution in [1.82, 2.24) is 10.6 Å². The topological polar surface area (TPSA) is 44.3 Å². The lowest BCUT2D eigenvalue weighted by Gasteiger charge is -2.08. The molecule has 17 heavy (non-hydrogen) atoms. The first kappa shape index (κ1) is 14.2. The van der Waals surface area contributed by atoms with Gasteiger partial charge >= 0.3 is 0 Å². The zero-order chi connectivity index (χ0) is 12.5. The van der Waals surface area contributed by atoms with Gasteiger partial charge in [-0.05, 0) is 17.0 Å². The number of hydrogen-bond donors (Lipinski definition) is 3. The Kier molecular flexibility index (Phi) is 6.86. The van der Waals surface area contributed by atoms with Gasteiger partial charge in [-0.3, -0.25) is 0 Å². The minimum Gasteiger partial charge on any atom is -0.395 e. The molecule has 0 atom stereocenters. The molecule has 1 aromatic carbocycles. The highest BCUT2D eigenvalue weighted by Crippen LogP contribution is 2.14. The van der Waals surface area contributed by atoms with Crippen LogP contribution in [-0.2, 0) is 6.54 Å². The minimum atomic E-state index is 0.205. The van der Waals surface area contributed by atoms with Crippen LogP contribution in [0.2, 0.25) is 0 Å². The number of aliphatic hydroxyl groups is 1. The lowest BCUT2D eigenvalue weighted by atomic mass is 10.0. The van der Waals surface area contributed by atoms with E-state index in [1.165, 1.54) is 11.1 Å². The average Bonchev–Trinajstić information content (AvgIpc) is 2.34. The predicted octanol–water partition coefficient (Wildman–Crippen LogP) is 1.48. The largest absolute Gasteiger partial charge is 0.395 e. The Morgan fingerprint density at radius 1 is 1.00 bits per heavy atom. The normalized spacial score (nSPS) is 11.1. The van der Waals surface area contributed by atoms with E-state index in [2.05, 4.69) is 48.7 Å². The van der Waals surface area contributed by atoms with Crippen molar-refractivity contribution in [2.24, 2.45) is 0 Å². The second-order valence-corrected chi connectivity index (χ2v) is 4.55. The van der Waals surface area contributed by atoms with Gasteiger partial charge in [0.25, 0.3) is 0 Å². The van der Waals surface area contributed by atoms with Gasteiger partial charge < -0.3 is 15.7 Å². The summed E-state index contributed by atoms with van der Waals surface area (Å²) >= 11 is 0. The van der Waals surface area contributed by atoms with Gasteiger partial charge in [-0.1, -0.05) is 38.1 Å². The maximum absolute atomic E-state index is 8.59. The van der Waals surface area contributed by atoms with Crippen molar-refractivity contribution in [3.8, 4) is 0 Å². The summed E-state index contributed by atoms with van der Waals surface area (Å²) in [5.74, 6) is 0.597. The van der Waals surface area contributed by atoms with E-state index in [1.54, 1.807) is 0 Å². The van der Waals surface area contributed by atoms with Crippen LogP contribution in [0.1, 0.15) is 30.9 Å². The summed E-state index contributed by atoms with van der Waals surface area (Å²) < 4.78 is 0. The van der Waals surface area contributed by atoms with E-state index >= 15 is 0 Å². The standard InChI is InChI=1S/C14H24N2O/c1-12(2)14-5-3-13(4-6-14)11-16-8-7-15-9-10-17/h3-6,12,15-17H,7-11H2,1-2H3. The highest BCUT2D eigenvalue weighted by atomic mass is 16.3. The van der Waals surface area contributed by atoms with E-state index < -0.39 is 0 Å². The SMILES string of the molecule is CC(C)c1ccc(CNCCNCCO)cc1. The van der Waals surface area contributed by atoms with Gasteiger partial charge in [0, 0.05) is 26.2 Å². The number of nitrogens with one attached hydrogen (secondary N) is 2. The molecule has 0 saturated heterocycles. The van der Waals surface area contributed by atoms with Crippen molar-refractivity contribution in [1.29, 1.82) is 0 Å². The summed E-state index contributed by atoms with van der Waals surface area (Å²) in [7, 11) is 0. The third kappa shape index (κ3) is 5.82. The zero-order valence-electron chi connectivity index (χ0n) is 10.9. The highest BCUT2D eigenvalue weighted by molar-refractivity contribution is 5.24. The van der Waals surface area contributed by atoms with E-state index in [4.69, 9.17) is 5.11 Å². The quantitative estimate of drug-likeness (QED) is 0.599. The number of benzene rings is 1.